The number of aryl methyl sites for hydroxylation is 3. The number of nitrogens with zero attached hydrogens (tertiary/aromatic N) is 1. The van der Waals surface area contributed by atoms with E-state index in [1.54, 1.807) is 0 Å². The van der Waals surface area contributed by atoms with Crippen molar-refractivity contribution < 1.29 is 0 Å². The van der Waals surface area contributed by atoms with Crippen LogP contribution in [0.5, 0.6) is 0 Å². The Labute approximate surface area is 193 Å². The number of hydrogen-bond donors (Lipinski definition) is 0. The van der Waals surface area contributed by atoms with Gasteiger partial charge in [0.2, 0.25) is 0 Å². The Balaban J connectivity index is 1.67. The van der Waals surface area contributed by atoms with Crippen molar-refractivity contribution in [3.05, 3.63) is 94.5 Å². The van der Waals surface area contributed by atoms with Crippen LogP contribution in [0.4, 0.5) is 0 Å². The van der Waals surface area contributed by atoms with Crippen LogP contribution in [0.3, 0.4) is 0 Å². The molecule has 1 heteroatoms. The summed E-state index contributed by atoms with van der Waals surface area (Å²) in [6.45, 7) is 13.4. The van der Waals surface area contributed by atoms with Crippen LogP contribution >= 0.6 is 0 Å². The molecule has 4 aromatic rings. The summed E-state index contributed by atoms with van der Waals surface area (Å²) in [5.74, 6) is 0. The highest BCUT2D eigenvalue weighted by atomic mass is 14.9. The molecule has 0 aliphatic rings. The lowest BCUT2D eigenvalue weighted by atomic mass is 9.82. The minimum atomic E-state index is 0.200. The molecule has 0 aliphatic heterocycles. The van der Waals surface area contributed by atoms with Crippen LogP contribution in [0.2, 0.25) is 0 Å². The van der Waals surface area contributed by atoms with Crippen molar-refractivity contribution in [1.82, 2.24) is 4.57 Å². The highest BCUT2D eigenvalue weighted by Crippen LogP contribution is 2.33. The van der Waals surface area contributed by atoms with E-state index in [2.05, 4.69) is 126 Å². The molecule has 1 nitrogen and oxygen atoms in total. The molecule has 0 N–H and O–H groups in total. The maximum absolute atomic E-state index is 2.37. The second kappa shape index (κ2) is 8.47. The molecule has 4 rings (SSSR count). The summed E-state index contributed by atoms with van der Waals surface area (Å²) in [7, 11) is 2.17. The van der Waals surface area contributed by atoms with Crippen molar-refractivity contribution in [1.29, 1.82) is 0 Å². The van der Waals surface area contributed by atoms with E-state index in [0.29, 0.717) is 0 Å². The second-order valence-electron chi connectivity index (χ2n) is 9.86. The van der Waals surface area contributed by atoms with Gasteiger partial charge in [-0.1, -0.05) is 80.9 Å². The zero-order valence-corrected chi connectivity index (χ0v) is 20.6. The molecule has 0 aliphatic carbocycles. The lowest BCUT2D eigenvalue weighted by Crippen LogP contribution is -2.15. The molecule has 0 fully saturated rings. The number of aromatic nitrogens is 1. The Morgan fingerprint density at radius 2 is 1.62 bits per heavy atom. The van der Waals surface area contributed by atoms with E-state index in [9.17, 15) is 0 Å². The van der Waals surface area contributed by atoms with Gasteiger partial charge in [-0.2, -0.15) is 0 Å². The molecular formula is C31H35N. The predicted molar refractivity (Wildman–Crippen MR) is 141 cm³/mol. The van der Waals surface area contributed by atoms with Crippen LogP contribution in [0.15, 0.2) is 66.7 Å². The molecule has 0 atom stereocenters. The molecule has 1 heterocycles. The normalized spacial score (nSPS) is 12.5. The average molecular weight is 422 g/mol. The quantitative estimate of drug-likeness (QED) is 0.284. The third-order valence-corrected chi connectivity index (χ3v) is 7.15. The third kappa shape index (κ3) is 4.17. The van der Waals surface area contributed by atoms with Crippen molar-refractivity contribution in [3.63, 3.8) is 0 Å². The molecule has 32 heavy (non-hydrogen) atoms. The van der Waals surface area contributed by atoms with Gasteiger partial charge in [-0.25, -0.2) is 0 Å². The summed E-state index contributed by atoms with van der Waals surface area (Å²) in [6, 6.07) is 24.9. The average Bonchev–Trinajstić information content (AvgIpc) is 3.12. The maximum Gasteiger partial charge on any atom is 0.0488 e. The lowest BCUT2D eigenvalue weighted by molar-refractivity contribution is 0.507. The predicted octanol–water partition coefficient (Wildman–Crippen LogP) is 8.71. The molecule has 0 unspecified atom stereocenters. The zero-order chi connectivity index (χ0) is 23.0. The molecule has 0 amide bonds. The minimum absolute atomic E-state index is 0.200. The molecule has 0 radical (unpaired) electrons. The minimum Gasteiger partial charge on any atom is -0.344 e. The smallest absolute Gasteiger partial charge is 0.0488 e. The van der Waals surface area contributed by atoms with Crippen LogP contribution in [0, 0.1) is 13.8 Å². The summed E-state index contributed by atoms with van der Waals surface area (Å²) in [5, 5.41) is 1.32. The van der Waals surface area contributed by atoms with Gasteiger partial charge in [0.25, 0.3) is 0 Å². The van der Waals surface area contributed by atoms with Gasteiger partial charge in [-0.15, -0.1) is 0 Å². The van der Waals surface area contributed by atoms with E-state index in [-0.39, 0.29) is 5.41 Å². The Bertz CT molecular complexity index is 1300. The first kappa shape index (κ1) is 22.1. The summed E-state index contributed by atoms with van der Waals surface area (Å²) in [4.78, 5) is 0. The van der Waals surface area contributed by atoms with Crippen LogP contribution < -0.4 is 0 Å². The van der Waals surface area contributed by atoms with Crippen molar-refractivity contribution in [2.75, 3.05) is 0 Å². The van der Waals surface area contributed by atoms with Gasteiger partial charge in [-0.05, 0) is 84.2 Å². The van der Waals surface area contributed by atoms with Crippen LogP contribution in [0.1, 0.15) is 61.9 Å². The number of allylic oxidation sites excluding steroid dienone is 1. The fourth-order valence-electron chi connectivity index (χ4n) is 4.39. The fourth-order valence-corrected chi connectivity index (χ4v) is 4.39. The summed E-state index contributed by atoms with van der Waals surface area (Å²) >= 11 is 0. The third-order valence-electron chi connectivity index (χ3n) is 7.15. The van der Waals surface area contributed by atoms with E-state index < -0.39 is 0 Å². The Morgan fingerprint density at radius 1 is 0.906 bits per heavy atom. The van der Waals surface area contributed by atoms with Crippen molar-refractivity contribution in [2.24, 2.45) is 7.05 Å². The van der Waals surface area contributed by atoms with Crippen molar-refractivity contribution in [3.8, 4) is 11.3 Å². The van der Waals surface area contributed by atoms with Crippen molar-refractivity contribution >= 4 is 22.6 Å². The van der Waals surface area contributed by atoms with Gasteiger partial charge >= 0.3 is 0 Å². The van der Waals surface area contributed by atoms with Crippen molar-refractivity contribution in [2.45, 2.75) is 53.4 Å². The van der Waals surface area contributed by atoms with E-state index in [1.165, 1.54) is 55.6 Å². The summed E-state index contributed by atoms with van der Waals surface area (Å²) in [5.41, 5.74) is 11.9. The molecule has 0 spiro atoms. The number of rotatable bonds is 5. The van der Waals surface area contributed by atoms with Crippen LogP contribution in [-0.2, 0) is 12.5 Å². The topological polar surface area (TPSA) is 4.93 Å². The molecule has 1 aromatic heterocycles. The van der Waals surface area contributed by atoms with Gasteiger partial charge < -0.3 is 4.57 Å². The largest absolute Gasteiger partial charge is 0.344 e. The van der Waals surface area contributed by atoms with Gasteiger partial charge in [0.05, 0.1) is 0 Å². The molecule has 3 aromatic carbocycles. The lowest BCUT2D eigenvalue weighted by Gasteiger charge is -2.23. The second-order valence-corrected chi connectivity index (χ2v) is 9.86. The monoisotopic (exact) mass is 421 g/mol. The summed E-state index contributed by atoms with van der Waals surface area (Å²) < 4.78 is 2.31. The summed E-state index contributed by atoms with van der Waals surface area (Å²) in [6.07, 6.45) is 3.43. The Kier molecular flexibility index (Phi) is 5.86. The van der Waals surface area contributed by atoms with Crippen LogP contribution in [0.25, 0.3) is 33.8 Å². The van der Waals surface area contributed by atoms with E-state index in [1.807, 2.05) is 0 Å². The highest BCUT2D eigenvalue weighted by molar-refractivity contribution is 5.88. The number of benzene rings is 3. The molecular weight excluding hydrogens is 386 g/mol. The Hall–Kier alpha value is -3.06. The van der Waals surface area contributed by atoms with Gasteiger partial charge in [0.15, 0.2) is 0 Å². The number of hydrogen-bond acceptors (Lipinski definition) is 0. The van der Waals surface area contributed by atoms with E-state index in [4.69, 9.17) is 0 Å². The first-order chi connectivity index (χ1) is 15.2. The highest BCUT2D eigenvalue weighted by Gasteiger charge is 2.19. The van der Waals surface area contributed by atoms with E-state index in [0.717, 1.165) is 6.42 Å². The SMILES string of the molecule is CCC(C)(C)c1ccc2c(c1)cc(-c1ccc(/C(C)=C/c3cc(C)ccc3C)cc1)n2C. The molecule has 0 saturated heterocycles. The first-order valence-electron chi connectivity index (χ1n) is 11.7. The maximum atomic E-state index is 2.37. The van der Waals surface area contributed by atoms with Crippen LogP contribution in [-0.4, -0.2) is 4.57 Å². The van der Waals surface area contributed by atoms with Gasteiger partial charge in [0.1, 0.15) is 0 Å². The Morgan fingerprint density at radius 3 is 2.31 bits per heavy atom. The van der Waals surface area contributed by atoms with Gasteiger partial charge in [0, 0.05) is 23.6 Å². The van der Waals surface area contributed by atoms with E-state index >= 15 is 0 Å². The standard InChI is InChI=1S/C31H35N/c1-8-31(5,6)28-15-16-29-27(19-28)20-30(32(29)7)25-13-11-24(12-14-25)23(4)18-26-17-21(2)9-10-22(26)3/h9-20H,8H2,1-7H3/b23-18+. The first-order valence-corrected chi connectivity index (χ1v) is 11.7. The number of fused-ring (bicyclic) bond motifs is 1. The fraction of sp³-hybridized carbons (Fsp3) is 0.290. The van der Waals surface area contributed by atoms with Gasteiger partial charge in [-0.3, -0.25) is 0 Å². The molecule has 0 bridgehead atoms. The molecule has 164 valence electrons. The molecule has 0 saturated carbocycles. The zero-order valence-electron chi connectivity index (χ0n) is 20.6.